The number of rotatable bonds is 6. The quantitative estimate of drug-likeness (QED) is 0.195. The smallest absolute Gasteiger partial charge is 0.0951 e. The number of anilines is 1. The zero-order valence-electron chi connectivity index (χ0n) is 25.6. The molecule has 4 aromatic carbocycles. The normalized spacial score (nSPS) is 14.8. The monoisotopic (exact) mass is 592 g/mol. The van der Waals surface area contributed by atoms with E-state index < -0.39 is 0 Å². The van der Waals surface area contributed by atoms with E-state index in [0.29, 0.717) is 11.6 Å². The number of fused-ring (bicyclic) bond motifs is 3. The van der Waals surface area contributed by atoms with Gasteiger partial charge in [0.25, 0.3) is 0 Å². The van der Waals surface area contributed by atoms with Gasteiger partial charge in [-0.1, -0.05) is 122 Å². The van der Waals surface area contributed by atoms with Gasteiger partial charge in [0.2, 0.25) is 0 Å². The number of nitrogens with two attached hydrogens (primary N) is 1. The van der Waals surface area contributed by atoms with E-state index in [9.17, 15) is 0 Å². The summed E-state index contributed by atoms with van der Waals surface area (Å²) in [5, 5.41) is 5.46. The molecule has 1 atom stereocenters. The van der Waals surface area contributed by atoms with Crippen LogP contribution in [-0.2, 0) is 6.42 Å². The van der Waals surface area contributed by atoms with Crippen LogP contribution in [0.4, 0.5) is 5.69 Å². The lowest BCUT2D eigenvalue weighted by molar-refractivity contribution is 0.959. The van der Waals surface area contributed by atoms with Gasteiger partial charge in [-0.3, -0.25) is 9.97 Å². The summed E-state index contributed by atoms with van der Waals surface area (Å²) in [6.45, 7) is 2.19. The maximum Gasteiger partial charge on any atom is 0.0951 e. The fraction of sp³-hybridized carbons (Fsp3) is 0.0714. The summed E-state index contributed by atoms with van der Waals surface area (Å²) in [6.07, 6.45) is 17.4. The molecular formula is C42H32N4. The highest BCUT2D eigenvalue weighted by Crippen LogP contribution is 2.41. The summed E-state index contributed by atoms with van der Waals surface area (Å²) in [6, 6.07) is 33.8. The van der Waals surface area contributed by atoms with Crippen molar-refractivity contribution in [2.75, 3.05) is 5.73 Å². The van der Waals surface area contributed by atoms with E-state index in [1.807, 2.05) is 36.9 Å². The van der Waals surface area contributed by atoms with Gasteiger partial charge in [-0.2, -0.15) is 0 Å². The summed E-state index contributed by atoms with van der Waals surface area (Å²) in [5.41, 5.74) is 17.1. The van der Waals surface area contributed by atoms with E-state index in [2.05, 4.69) is 126 Å². The third-order valence-corrected chi connectivity index (χ3v) is 8.93. The first-order valence-electron chi connectivity index (χ1n) is 15.7. The molecule has 0 radical (unpaired) electrons. The Hall–Kier alpha value is -5.87. The summed E-state index contributed by atoms with van der Waals surface area (Å²) < 4.78 is 0. The van der Waals surface area contributed by atoms with Gasteiger partial charge in [0, 0.05) is 57.6 Å². The van der Waals surface area contributed by atoms with Crippen molar-refractivity contribution in [3.63, 3.8) is 0 Å². The molecule has 0 spiro atoms. The molecule has 0 bridgehead atoms. The van der Waals surface area contributed by atoms with Crippen LogP contribution < -0.4 is 5.73 Å². The van der Waals surface area contributed by atoms with Gasteiger partial charge in [0.05, 0.1) is 16.9 Å². The number of benzene rings is 4. The molecule has 0 amide bonds. The number of nitrogen functional groups attached to an aromatic ring is 1. The van der Waals surface area contributed by atoms with Crippen LogP contribution in [0.3, 0.4) is 0 Å². The standard InChI is InChI=1S/C42H32N4/c1-27-15-17-29(21-27)40-22-37(39-26-45-24-31-12-6-8-14-33(31)39)36-20-19-35(41(43)42(36)46-40)34(18-16-28-9-3-2-4-10-28)38-25-44-23-30-11-5-7-13-32(30)38/h2-15,17-27H,16,43H2,1H3/b34-18+. The molecule has 7 aromatic rings. The lowest BCUT2D eigenvalue weighted by Crippen LogP contribution is -2.02. The molecule has 2 N–H and O–H groups in total. The predicted molar refractivity (Wildman–Crippen MR) is 192 cm³/mol. The van der Waals surface area contributed by atoms with E-state index in [4.69, 9.17) is 10.7 Å². The van der Waals surface area contributed by atoms with Crippen molar-refractivity contribution in [1.82, 2.24) is 15.0 Å². The van der Waals surface area contributed by atoms with Gasteiger partial charge in [0.15, 0.2) is 0 Å². The summed E-state index contributed by atoms with van der Waals surface area (Å²) in [7, 11) is 0. The Morgan fingerprint density at radius 2 is 1.43 bits per heavy atom. The minimum Gasteiger partial charge on any atom is -0.396 e. The Morgan fingerprint density at radius 1 is 0.717 bits per heavy atom. The summed E-state index contributed by atoms with van der Waals surface area (Å²) in [4.78, 5) is 14.5. The van der Waals surface area contributed by atoms with Gasteiger partial charge < -0.3 is 5.73 Å². The molecule has 4 heteroatoms. The molecule has 46 heavy (non-hydrogen) atoms. The van der Waals surface area contributed by atoms with Crippen LogP contribution in [-0.4, -0.2) is 15.0 Å². The number of allylic oxidation sites excluding steroid dienone is 5. The van der Waals surface area contributed by atoms with E-state index in [0.717, 1.165) is 78.0 Å². The van der Waals surface area contributed by atoms with Crippen LogP contribution in [0, 0.1) is 5.92 Å². The van der Waals surface area contributed by atoms with Crippen molar-refractivity contribution < 1.29 is 0 Å². The van der Waals surface area contributed by atoms with Crippen LogP contribution in [0.1, 0.15) is 29.3 Å². The minimum atomic E-state index is 0.352. The van der Waals surface area contributed by atoms with E-state index in [1.54, 1.807) is 0 Å². The van der Waals surface area contributed by atoms with E-state index in [-0.39, 0.29) is 0 Å². The average Bonchev–Trinajstić information content (AvgIpc) is 3.55. The Labute approximate surface area is 268 Å². The number of nitrogens with zero attached hydrogens (tertiary/aromatic N) is 3. The zero-order valence-corrected chi connectivity index (χ0v) is 25.6. The number of pyridine rings is 3. The molecule has 0 aliphatic heterocycles. The molecule has 4 nitrogen and oxygen atoms in total. The fourth-order valence-corrected chi connectivity index (χ4v) is 6.60. The van der Waals surface area contributed by atoms with Gasteiger partial charge in [-0.25, -0.2) is 4.98 Å². The zero-order chi connectivity index (χ0) is 31.0. The second-order valence-corrected chi connectivity index (χ2v) is 11.9. The molecule has 1 aliphatic carbocycles. The number of hydrogen-bond acceptors (Lipinski definition) is 4. The first-order valence-corrected chi connectivity index (χ1v) is 15.7. The molecule has 8 rings (SSSR count). The molecule has 3 aromatic heterocycles. The van der Waals surface area contributed by atoms with Gasteiger partial charge in [-0.05, 0) is 51.5 Å². The van der Waals surface area contributed by atoms with Crippen molar-refractivity contribution >= 4 is 49.3 Å². The number of aromatic nitrogens is 3. The van der Waals surface area contributed by atoms with Crippen LogP contribution in [0.5, 0.6) is 0 Å². The van der Waals surface area contributed by atoms with Crippen molar-refractivity contribution in [3.8, 4) is 11.1 Å². The van der Waals surface area contributed by atoms with Crippen molar-refractivity contribution in [3.05, 3.63) is 169 Å². The first kappa shape index (κ1) is 27.7. The van der Waals surface area contributed by atoms with Crippen molar-refractivity contribution in [2.24, 2.45) is 5.92 Å². The van der Waals surface area contributed by atoms with Gasteiger partial charge >= 0.3 is 0 Å². The maximum atomic E-state index is 7.25. The third-order valence-electron chi connectivity index (χ3n) is 8.93. The Morgan fingerprint density at radius 3 is 2.22 bits per heavy atom. The second-order valence-electron chi connectivity index (χ2n) is 11.9. The Balaban J connectivity index is 1.40. The minimum absolute atomic E-state index is 0.352. The van der Waals surface area contributed by atoms with Crippen LogP contribution in [0.15, 0.2) is 146 Å². The second kappa shape index (κ2) is 11.6. The summed E-state index contributed by atoms with van der Waals surface area (Å²) >= 11 is 0. The Bertz CT molecular complexity index is 2360. The maximum absolute atomic E-state index is 7.25. The van der Waals surface area contributed by atoms with Crippen molar-refractivity contribution in [2.45, 2.75) is 13.3 Å². The fourth-order valence-electron chi connectivity index (χ4n) is 6.60. The van der Waals surface area contributed by atoms with Gasteiger partial charge in [0.1, 0.15) is 0 Å². The molecular weight excluding hydrogens is 560 g/mol. The highest BCUT2D eigenvalue weighted by Gasteiger charge is 2.20. The van der Waals surface area contributed by atoms with E-state index in [1.165, 1.54) is 5.56 Å². The van der Waals surface area contributed by atoms with E-state index >= 15 is 0 Å². The predicted octanol–water partition coefficient (Wildman–Crippen LogP) is 9.84. The highest BCUT2D eigenvalue weighted by molar-refractivity contribution is 6.10. The van der Waals surface area contributed by atoms with Gasteiger partial charge in [-0.15, -0.1) is 0 Å². The molecule has 1 aliphatic rings. The SMILES string of the molecule is CC1C=CC(c2cc(-c3cncc4ccccc34)c3ccc(/C(=C\Cc4ccccc4)c4cncc5ccccc45)c(N)c3n2)=C1. The molecule has 3 heterocycles. The topological polar surface area (TPSA) is 64.7 Å². The largest absolute Gasteiger partial charge is 0.396 e. The molecule has 0 saturated heterocycles. The van der Waals surface area contributed by atoms with Crippen LogP contribution in [0.2, 0.25) is 0 Å². The third kappa shape index (κ3) is 4.94. The lowest BCUT2D eigenvalue weighted by atomic mass is 9.89. The number of hydrogen-bond donors (Lipinski definition) is 1. The molecule has 0 saturated carbocycles. The Kier molecular flexibility index (Phi) is 6.96. The summed E-state index contributed by atoms with van der Waals surface area (Å²) in [5.74, 6) is 0.352. The first-order chi connectivity index (χ1) is 22.6. The molecule has 220 valence electrons. The van der Waals surface area contributed by atoms with Crippen LogP contribution in [0.25, 0.3) is 54.7 Å². The van der Waals surface area contributed by atoms with Crippen LogP contribution >= 0.6 is 0 Å². The molecule has 1 unspecified atom stereocenters. The average molecular weight is 593 g/mol. The highest BCUT2D eigenvalue weighted by atomic mass is 14.8. The lowest BCUT2D eigenvalue weighted by Gasteiger charge is -2.18. The molecule has 0 fully saturated rings. The van der Waals surface area contributed by atoms with Crippen molar-refractivity contribution in [1.29, 1.82) is 0 Å².